The monoisotopic (exact) mass is 504 g/mol. The van der Waals surface area contributed by atoms with E-state index in [1.165, 1.54) is 51.4 Å². The summed E-state index contributed by atoms with van der Waals surface area (Å²) in [6, 6.07) is 9.17. The average molecular weight is 505 g/mol. The maximum Gasteiger partial charge on any atom is 0.351 e. The van der Waals surface area contributed by atoms with Crippen LogP contribution >= 0.6 is 0 Å². The standard InChI is InChI=1S/C28H36N6O3/c1-18-13-14-20-15-21(16-24(18)32(20)19-9-5-3-2-4-6-10-19)33-23-12-8-7-11-22(23)30-26(27(33)36)34-28(37)31-25(35)17-29-34/h7-8,11-12,17-21,24H,2-6,9-10,13-16H2,1H3,(H,31,35,37)/t18-,20+,21-,24+/m0/s1. The molecule has 0 radical (unpaired) electrons. The van der Waals surface area contributed by atoms with Crippen molar-refractivity contribution in [2.75, 3.05) is 0 Å². The van der Waals surface area contributed by atoms with Crippen molar-refractivity contribution >= 4 is 11.0 Å². The molecule has 1 aliphatic carbocycles. The first-order valence-electron chi connectivity index (χ1n) is 14.0. The molecule has 3 fully saturated rings. The number of nitrogens with one attached hydrogen (secondary N) is 1. The van der Waals surface area contributed by atoms with Gasteiger partial charge in [-0.15, -0.1) is 0 Å². The summed E-state index contributed by atoms with van der Waals surface area (Å²) in [7, 11) is 0. The van der Waals surface area contributed by atoms with E-state index in [4.69, 9.17) is 0 Å². The van der Waals surface area contributed by atoms with Gasteiger partial charge in [0.15, 0.2) is 0 Å². The Morgan fingerprint density at radius 1 is 0.865 bits per heavy atom. The topological polar surface area (TPSA) is 106 Å². The lowest BCUT2D eigenvalue weighted by Crippen LogP contribution is -2.59. The molecule has 37 heavy (non-hydrogen) atoms. The lowest BCUT2D eigenvalue weighted by Gasteiger charge is -2.55. The van der Waals surface area contributed by atoms with Crippen LogP contribution in [0.15, 0.2) is 44.8 Å². The van der Waals surface area contributed by atoms with Gasteiger partial charge in [-0.25, -0.2) is 9.78 Å². The Labute approximate surface area is 215 Å². The lowest BCUT2D eigenvalue weighted by molar-refractivity contribution is -0.0499. The largest absolute Gasteiger partial charge is 0.351 e. The molecule has 9 nitrogen and oxygen atoms in total. The highest BCUT2D eigenvalue weighted by molar-refractivity contribution is 5.75. The molecule has 0 unspecified atom stereocenters. The van der Waals surface area contributed by atoms with Gasteiger partial charge in [0.2, 0.25) is 5.82 Å². The Morgan fingerprint density at radius 2 is 1.62 bits per heavy atom. The minimum absolute atomic E-state index is 0.0140. The van der Waals surface area contributed by atoms with Gasteiger partial charge in [-0.2, -0.15) is 9.78 Å². The predicted octanol–water partition coefficient (Wildman–Crippen LogP) is 3.55. The number of hydrogen-bond donors (Lipinski definition) is 1. The number of H-pyrrole nitrogens is 1. The maximum atomic E-state index is 14.0. The quantitative estimate of drug-likeness (QED) is 0.585. The Morgan fingerprint density at radius 3 is 2.41 bits per heavy atom. The molecule has 2 saturated heterocycles. The van der Waals surface area contributed by atoms with Crippen LogP contribution in [0.2, 0.25) is 0 Å². The molecule has 4 heterocycles. The van der Waals surface area contributed by atoms with E-state index in [0.717, 1.165) is 35.7 Å². The zero-order valence-electron chi connectivity index (χ0n) is 21.5. The molecular formula is C28H36N6O3. The van der Waals surface area contributed by atoms with Crippen molar-refractivity contribution < 1.29 is 0 Å². The first kappa shape index (κ1) is 24.3. The van der Waals surface area contributed by atoms with E-state index in [1.807, 2.05) is 28.8 Å². The number of rotatable bonds is 3. The fraction of sp³-hybridized carbons (Fsp3) is 0.607. The summed E-state index contributed by atoms with van der Waals surface area (Å²) in [6.45, 7) is 2.38. The van der Waals surface area contributed by atoms with Crippen LogP contribution in [0.3, 0.4) is 0 Å². The number of aromatic amines is 1. The van der Waals surface area contributed by atoms with Gasteiger partial charge in [0.1, 0.15) is 6.20 Å². The van der Waals surface area contributed by atoms with Crippen molar-refractivity contribution in [3.8, 4) is 5.82 Å². The molecule has 3 aliphatic rings. The first-order chi connectivity index (χ1) is 18.0. The second-order valence-electron chi connectivity index (χ2n) is 11.3. The number of benzene rings is 1. The summed E-state index contributed by atoms with van der Waals surface area (Å²) < 4.78 is 2.78. The van der Waals surface area contributed by atoms with E-state index in [9.17, 15) is 14.4 Å². The molecule has 1 saturated carbocycles. The summed E-state index contributed by atoms with van der Waals surface area (Å²) in [5.41, 5.74) is -0.286. The SMILES string of the molecule is C[C@H]1CC[C@@H]2C[C@H](n3c(=O)c(-n4ncc(=O)[nH]c4=O)nc4ccccc43)C[C@H]1N2C1CCCCCCC1. The van der Waals surface area contributed by atoms with Gasteiger partial charge in [0, 0.05) is 24.2 Å². The van der Waals surface area contributed by atoms with Crippen LogP contribution in [0.5, 0.6) is 0 Å². The number of fused-ring (bicyclic) bond motifs is 3. The smallest absolute Gasteiger partial charge is 0.300 e. The van der Waals surface area contributed by atoms with Gasteiger partial charge in [0.05, 0.1) is 11.0 Å². The molecule has 196 valence electrons. The van der Waals surface area contributed by atoms with Crippen molar-refractivity contribution in [2.24, 2.45) is 5.92 Å². The summed E-state index contributed by atoms with van der Waals surface area (Å²) in [4.78, 5) is 47.7. The molecule has 2 bridgehead atoms. The summed E-state index contributed by atoms with van der Waals surface area (Å²) in [5.74, 6) is 0.511. The average Bonchev–Trinajstić information content (AvgIpc) is 2.86. The van der Waals surface area contributed by atoms with Crippen molar-refractivity contribution in [3.05, 3.63) is 61.7 Å². The molecule has 1 aromatic carbocycles. The molecule has 3 aromatic rings. The molecule has 9 heteroatoms. The fourth-order valence-corrected chi connectivity index (χ4v) is 7.30. The van der Waals surface area contributed by atoms with E-state index >= 15 is 0 Å². The van der Waals surface area contributed by atoms with Crippen LogP contribution in [0.25, 0.3) is 16.9 Å². The lowest BCUT2D eigenvalue weighted by atomic mass is 9.74. The number of para-hydroxylation sites is 2. The molecule has 2 aliphatic heterocycles. The molecule has 0 spiro atoms. The van der Waals surface area contributed by atoms with Crippen LogP contribution in [0, 0.1) is 5.92 Å². The van der Waals surface area contributed by atoms with Crippen molar-refractivity contribution in [3.63, 3.8) is 0 Å². The van der Waals surface area contributed by atoms with Crippen molar-refractivity contribution in [1.82, 2.24) is 29.2 Å². The highest BCUT2D eigenvalue weighted by atomic mass is 16.2. The van der Waals surface area contributed by atoms with Gasteiger partial charge >= 0.3 is 5.69 Å². The van der Waals surface area contributed by atoms with E-state index in [2.05, 4.69) is 26.9 Å². The highest BCUT2D eigenvalue weighted by Crippen LogP contribution is 2.44. The van der Waals surface area contributed by atoms with Gasteiger partial charge in [-0.1, -0.05) is 51.2 Å². The zero-order chi connectivity index (χ0) is 25.5. The number of nitrogens with zero attached hydrogens (tertiary/aromatic N) is 5. The van der Waals surface area contributed by atoms with Crippen LogP contribution < -0.4 is 16.8 Å². The third-order valence-corrected chi connectivity index (χ3v) is 9.03. The van der Waals surface area contributed by atoms with Gasteiger partial charge < -0.3 is 4.57 Å². The van der Waals surface area contributed by atoms with Crippen LogP contribution in [0.1, 0.15) is 83.6 Å². The second kappa shape index (κ2) is 10.0. The van der Waals surface area contributed by atoms with Crippen LogP contribution in [-0.4, -0.2) is 47.3 Å². The molecule has 6 rings (SSSR count). The number of hydrogen-bond acceptors (Lipinski definition) is 6. The second-order valence-corrected chi connectivity index (χ2v) is 11.3. The summed E-state index contributed by atoms with van der Waals surface area (Å²) >= 11 is 0. The van der Waals surface area contributed by atoms with Crippen molar-refractivity contribution in [1.29, 1.82) is 0 Å². The zero-order valence-corrected chi connectivity index (χ0v) is 21.5. The molecule has 2 aromatic heterocycles. The van der Waals surface area contributed by atoms with E-state index < -0.39 is 11.2 Å². The van der Waals surface area contributed by atoms with E-state index in [-0.39, 0.29) is 17.4 Å². The molecule has 0 amide bonds. The van der Waals surface area contributed by atoms with Crippen LogP contribution in [-0.2, 0) is 0 Å². The minimum atomic E-state index is -0.761. The highest BCUT2D eigenvalue weighted by Gasteiger charge is 2.45. The Hall–Kier alpha value is -3.07. The third-order valence-electron chi connectivity index (χ3n) is 9.03. The first-order valence-corrected chi connectivity index (χ1v) is 14.0. The normalized spacial score (nSPS) is 27.6. The molecule has 4 atom stereocenters. The van der Waals surface area contributed by atoms with E-state index in [0.29, 0.717) is 29.6 Å². The summed E-state index contributed by atoms with van der Waals surface area (Å²) in [6.07, 6.45) is 14.5. The fourth-order valence-electron chi connectivity index (χ4n) is 7.30. The van der Waals surface area contributed by atoms with E-state index in [1.54, 1.807) is 0 Å². The Bertz CT molecular complexity index is 1450. The van der Waals surface area contributed by atoms with Gasteiger partial charge in [-0.05, 0) is 56.6 Å². The maximum absolute atomic E-state index is 14.0. The molecular weight excluding hydrogens is 468 g/mol. The van der Waals surface area contributed by atoms with Crippen LogP contribution in [0.4, 0.5) is 0 Å². The minimum Gasteiger partial charge on any atom is -0.300 e. The Balaban J connectivity index is 1.43. The van der Waals surface area contributed by atoms with Gasteiger partial charge in [-0.3, -0.25) is 19.5 Å². The Kier molecular flexibility index (Phi) is 6.56. The van der Waals surface area contributed by atoms with Gasteiger partial charge in [0.25, 0.3) is 11.1 Å². The predicted molar refractivity (Wildman–Crippen MR) is 142 cm³/mol. The van der Waals surface area contributed by atoms with Crippen molar-refractivity contribution in [2.45, 2.75) is 102 Å². The third kappa shape index (κ3) is 4.47. The summed E-state index contributed by atoms with van der Waals surface area (Å²) in [5, 5.41) is 3.94. The molecule has 1 N–H and O–H groups in total. The number of aromatic nitrogens is 5. The number of piperidine rings is 2.